The molecule has 0 aromatic rings. The van der Waals surface area contributed by atoms with E-state index in [4.69, 9.17) is 23.7 Å². The molecule has 0 aromatic carbocycles. The highest BCUT2D eigenvalue weighted by molar-refractivity contribution is 5.83. The summed E-state index contributed by atoms with van der Waals surface area (Å²) in [5.41, 5.74) is -3.40. The molecule has 0 radical (unpaired) electrons. The van der Waals surface area contributed by atoms with E-state index in [1.165, 1.54) is 13.8 Å². The van der Waals surface area contributed by atoms with Crippen molar-refractivity contribution in [3.05, 3.63) is 0 Å². The van der Waals surface area contributed by atoms with Crippen LogP contribution in [-0.2, 0) is 33.3 Å². The van der Waals surface area contributed by atoms with Gasteiger partial charge in [0.2, 0.25) is 0 Å². The second-order valence-corrected chi connectivity index (χ2v) is 15.0. The minimum absolute atomic E-state index is 0.131. The van der Waals surface area contributed by atoms with Crippen molar-refractivity contribution in [1.82, 2.24) is 0 Å². The first kappa shape index (κ1) is 41.1. The lowest BCUT2D eigenvalue weighted by Crippen LogP contribution is -2.59. The molecule has 0 saturated carbocycles. The van der Waals surface area contributed by atoms with Crippen molar-refractivity contribution in [3.63, 3.8) is 0 Å². The molecule has 14 nitrogen and oxygen atoms in total. The van der Waals surface area contributed by atoms with Crippen LogP contribution in [0.25, 0.3) is 0 Å². The van der Waals surface area contributed by atoms with Crippen LogP contribution in [0.5, 0.6) is 0 Å². The molecule has 0 spiro atoms. The Morgan fingerprint density at radius 2 is 1.42 bits per heavy atom. The number of rotatable bonds is 6. The Morgan fingerprint density at radius 1 is 0.792 bits per heavy atom. The highest BCUT2D eigenvalue weighted by Crippen LogP contribution is 2.39. The molecule has 7 N–H and O–H groups in total. The van der Waals surface area contributed by atoms with Crippen molar-refractivity contribution in [1.29, 1.82) is 0 Å². The largest absolute Gasteiger partial charge is 0.462 e. The number of ether oxygens (including phenoxy) is 5. The van der Waals surface area contributed by atoms with Crippen LogP contribution >= 0.6 is 0 Å². The number of aliphatic hydroxyl groups is 7. The van der Waals surface area contributed by atoms with E-state index < -0.39 is 121 Å². The lowest BCUT2D eigenvalue weighted by atomic mass is 9.74. The molecule has 3 aliphatic heterocycles. The maximum Gasteiger partial charge on any atom is 0.311 e. The lowest BCUT2D eigenvalue weighted by Gasteiger charge is -2.47. The van der Waals surface area contributed by atoms with E-state index in [0.717, 1.165) is 0 Å². The average Bonchev–Trinajstić information content (AvgIpc) is 3.02. The summed E-state index contributed by atoms with van der Waals surface area (Å²) in [6.07, 6.45) is -12.6. The van der Waals surface area contributed by atoms with Gasteiger partial charge in [0.1, 0.15) is 30.2 Å². The third kappa shape index (κ3) is 9.13. The van der Waals surface area contributed by atoms with Gasteiger partial charge in [0, 0.05) is 36.5 Å². The molecule has 3 rings (SSSR count). The molecule has 0 aromatic heterocycles. The maximum atomic E-state index is 13.9. The van der Waals surface area contributed by atoms with Crippen molar-refractivity contribution in [2.24, 2.45) is 29.6 Å². The molecular weight excluding hydrogens is 632 g/mol. The quantitative estimate of drug-likeness (QED) is 0.188. The van der Waals surface area contributed by atoms with Gasteiger partial charge >= 0.3 is 5.97 Å². The molecule has 0 amide bonds. The summed E-state index contributed by atoms with van der Waals surface area (Å²) in [5.74, 6) is -5.10. The van der Waals surface area contributed by atoms with Gasteiger partial charge in [-0.15, -0.1) is 0 Å². The Hall–Kier alpha value is -1.30. The minimum atomic E-state index is -1.81. The molecule has 3 fully saturated rings. The van der Waals surface area contributed by atoms with Gasteiger partial charge in [0.05, 0.1) is 54.2 Å². The van der Waals surface area contributed by atoms with Crippen molar-refractivity contribution in [3.8, 4) is 0 Å². The van der Waals surface area contributed by atoms with E-state index in [1.807, 2.05) is 6.92 Å². The van der Waals surface area contributed by atoms with E-state index >= 15 is 0 Å². The number of carbonyl (C=O) groups is 2. The van der Waals surface area contributed by atoms with Gasteiger partial charge in [0.25, 0.3) is 0 Å². The third-order valence-electron chi connectivity index (χ3n) is 10.8. The van der Waals surface area contributed by atoms with E-state index in [2.05, 4.69) is 0 Å². The van der Waals surface area contributed by atoms with E-state index in [9.17, 15) is 45.3 Å². The van der Waals surface area contributed by atoms with Crippen molar-refractivity contribution < 1.29 is 69.0 Å². The normalized spacial score (nSPS) is 50.4. The van der Waals surface area contributed by atoms with Gasteiger partial charge in [-0.25, -0.2) is 0 Å². The predicted octanol–water partition coefficient (Wildman–Crippen LogP) is 0.420. The smallest absolute Gasteiger partial charge is 0.311 e. The van der Waals surface area contributed by atoms with Gasteiger partial charge in [-0.2, -0.15) is 0 Å². The number of carbonyl (C=O) groups excluding carboxylic acids is 2. The fourth-order valence-corrected chi connectivity index (χ4v) is 7.69. The monoisotopic (exact) mass is 692 g/mol. The number of esters is 1. The summed E-state index contributed by atoms with van der Waals surface area (Å²) >= 11 is 0. The average molecular weight is 693 g/mol. The van der Waals surface area contributed by atoms with Gasteiger partial charge in [0.15, 0.2) is 12.6 Å². The van der Waals surface area contributed by atoms with Crippen LogP contribution in [0.4, 0.5) is 0 Å². The lowest BCUT2D eigenvalue weighted by molar-refractivity contribution is -0.314. The number of ketones is 1. The van der Waals surface area contributed by atoms with E-state index in [0.29, 0.717) is 6.42 Å². The number of aliphatic hydroxyl groups excluding tert-OH is 5. The molecule has 0 bridgehead atoms. The Labute approximate surface area is 283 Å². The summed E-state index contributed by atoms with van der Waals surface area (Å²) in [6.45, 7) is 13.9. The zero-order valence-corrected chi connectivity index (χ0v) is 29.8. The van der Waals surface area contributed by atoms with Crippen molar-refractivity contribution in [2.75, 3.05) is 6.61 Å². The fourth-order valence-electron chi connectivity index (χ4n) is 7.69. The number of hydrogen-bond donors (Lipinski definition) is 7. The standard InChI is InChI=1S/C34H60O14/c1-10-22-16(3)27(38)17(4)26(37)15(2)12-34(9,43)31(48-24-11-21(36)28(39)23(14-35)45-24)18(5)29(19(6)32(41)46-22)47-25-13-33(8,42)30(40)20(7)44-25/h15-25,27-31,35-36,38-40,42-43H,10-14H2,1-9H3/t15-,16+,17+,18+,19-,20?,21?,22-,23?,24+,25+,27+,28+,29+,30+,31-,33?,34-/m1/s1. The van der Waals surface area contributed by atoms with Crippen LogP contribution in [0.3, 0.4) is 0 Å². The first-order chi connectivity index (χ1) is 22.2. The molecule has 280 valence electrons. The van der Waals surface area contributed by atoms with Crippen LogP contribution < -0.4 is 0 Å². The first-order valence-corrected chi connectivity index (χ1v) is 17.3. The summed E-state index contributed by atoms with van der Waals surface area (Å²) in [4.78, 5) is 27.5. The van der Waals surface area contributed by atoms with Gasteiger partial charge in [-0.05, 0) is 40.5 Å². The fraction of sp³-hybridized carbons (Fsp3) is 0.941. The SMILES string of the molecule is CC[C@H]1OC(=O)[C@H](C)[C@@H](O[C@H]2CC(C)(O)[C@@H](O)C(C)O2)[C@H](C)[C@@H](O[C@H]2CC(O)[C@H](O)C(CO)O2)[C@](C)(O)C[C@@H](C)C(=O)[C@H](C)[C@@H](O)[C@H]1C. The summed E-state index contributed by atoms with van der Waals surface area (Å²) in [7, 11) is 0. The van der Waals surface area contributed by atoms with E-state index in [-0.39, 0.29) is 25.0 Å². The zero-order valence-electron chi connectivity index (χ0n) is 29.8. The first-order valence-electron chi connectivity index (χ1n) is 17.3. The molecule has 3 heterocycles. The highest BCUT2D eigenvalue weighted by atomic mass is 16.7. The summed E-state index contributed by atoms with van der Waals surface area (Å²) in [6, 6.07) is 0. The topological polar surface area (TPSA) is 222 Å². The maximum absolute atomic E-state index is 13.9. The number of Topliss-reactive ketones (excluding diaryl/α,β-unsaturated/α-hetero) is 1. The molecular formula is C34H60O14. The van der Waals surface area contributed by atoms with Gasteiger partial charge in [-0.3, -0.25) is 9.59 Å². The molecule has 3 saturated heterocycles. The van der Waals surface area contributed by atoms with Crippen molar-refractivity contribution in [2.45, 2.75) is 167 Å². The zero-order chi connectivity index (χ0) is 36.5. The predicted molar refractivity (Wildman–Crippen MR) is 170 cm³/mol. The van der Waals surface area contributed by atoms with Crippen LogP contribution in [0, 0.1) is 29.6 Å². The molecule has 48 heavy (non-hydrogen) atoms. The molecule has 3 aliphatic rings. The minimum Gasteiger partial charge on any atom is -0.462 e. The molecule has 14 heteroatoms. The third-order valence-corrected chi connectivity index (χ3v) is 10.8. The summed E-state index contributed by atoms with van der Waals surface area (Å²) in [5, 5.41) is 75.4. The van der Waals surface area contributed by atoms with Crippen LogP contribution in [0.1, 0.15) is 88.0 Å². The van der Waals surface area contributed by atoms with E-state index in [1.54, 1.807) is 41.5 Å². The van der Waals surface area contributed by atoms with Crippen molar-refractivity contribution >= 4 is 11.8 Å². The summed E-state index contributed by atoms with van der Waals surface area (Å²) < 4.78 is 30.4. The molecule has 0 aliphatic carbocycles. The Morgan fingerprint density at radius 3 is 1.98 bits per heavy atom. The molecule has 4 unspecified atom stereocenters. The van der Waals surface area contributed by atoms with Crippen LogP contribution in [0.2, 0.25) is 0 Å². The van der Waals surface area contributed by atoms with Crippen LogP contribution in [-0.4, -0.2) is 133 Å². The Balaban J connectivity index is 2.12. The van der Waals surface area contributed by atoms with Gasteiger partial charge in [-0.1, -0.05) is 34.6 Å². The second kappa shape index (κ2) is 16.4. The van der Waals surface area contributed by atoms with Crippen LogP contribution in [0.15, 0.2) is 0 Å². The van der Waals surface area contributed by atoms with Gasteiger partial charge < -0.3 is 59.4 Å². The Bertz CT molecular complexity index is 1070. The number of hydrogen-bond acceptors (Lipinski definition) is 14. The second-order valence-electron chi connectivity index (χ2n) is 15.0. The highest BCUT2D eigenvalue weighted by Gasteiger charge is 2.51. The molecule has 18 atom stereocenters. The number of cyclic esters (lactones) is 1. The Kier molecular flexibility index (Phi) is 14.0.